The molecule has 1 aromatic heterocycles. The predicted molar refractivity (Wildman–Crippen MR) is 182 cm³/mol. The Balaban J connectivity index is 1.36. The zero-order chi connectivity index (χ0) is 29.3. The first kappa shape index (κ1) is 25.2. The van der Waals surface area contributed by atoms with Crippen LogP contribution in [-0.2, 0) is 5.41 Å². The van der Waals surface area contributed by atoms with Crippen molar-refractivity contribution in [3.63, 3.8) is 0 Å². The molecule has 210 valence electrons. The fraction of sp³-hybridized carbons (Fsp3) is 0.0952. The van der Waals surface area contributed by atoms with E-state index in [2.05, 4.69) is 152 Å². The molecule has 6 aromatic rings. The molecule has 0 saturated carbocycles. The highest BCUT2D eigenvalue weighted by molar-refractivity contribution is 6.12. The van der Waals surface area contributed by atoms with Crippen LogP contribution in [0.3, 0.4) is 0 Å². The number of allylic oxidation sites excluding steroid dienone is 8. The van der Waals surface area contributed by atoms with E-state index in [0.29, 0.717) is 11.8 Å². The SMILES string of the molecule is CC1C2=C(C=C3C=CC=CC31)c1c(Nc3cccc4oc5ccccc5c34)cccc1C2(c1ccccc1)c1ccccc1. The van der Waals surface area contributed by atoms with Gasteiger partial charge in [0.05, 0.1) is 16.5 Å². The van der Waals surface area contributed by atoms with Crippen molar-refractivity contribution in [2.24, 2.45) is 11.8 Å². The summed E-state index contributed by atoms with van der Waals surface area (Å²) in [5, 5.41) is 6.16. The van der Waals surface area contributed by atoms with E-state index < -0.39 is 5.41 Å². The van der Waals surface area contributed by atoms with E-state index in [1.165, 1.54) is 39.0 Å². The standard InChI is InChI=1S/C42H31NO/c1-27-31-19-9-8-14-28(31)26-33-39-34(42(41(27)33,29-15-4-2-5-16-29)30-17-6-3-7-18-30)21-12-22-35(39)43-36-23-13-25-38-40(36)32-20-10-11-24-37(32)44-38/h2-27,31,43H,1H3. The third kappa shape index (κ3) is 3.43. The summed E-state index contributed by atoms with van der Waals surface area (Å²) in [4.78, 5) is 0. The third-order valence-corrected chi connectivity index (χ3v) is 9.93. The van der Waals surface area contributed by atoms with Gasteiger partial charge < -0.3 is 9.73 Å². The summed E-state index contributed by atoms with van der Waals surface area (Å²) in [7, 11) is 0. The van der Waals surface area contributed by atoms with E-state index in [-0.39, 0.29) is 0 Å². The van der Waals surface area contributed by atoms with Crippen LogP contribution in [0.4, 0.5) is 11.4 Å². The summed E-state index contributed by atoms with van der Waals surface area (Å²) >= 11 is 0. The van der Waals surface area contributed by atoms with Gasteiger partial charge in [0.2, 0.25) is 0 Å². The highest BCUT2D eigenvalue weighted by Crippen LogP contribution is 2.62. The Morgan fingerprint density at radius 2 is 1.34 bits per heavy atom. The molecule has 0 saturated heterocycles. The summed E-state index contributed by atoms with van der Waals surface area (Å²) in [5.74, 6) is 0.635. The topological polar surface area (TPSA) is 25.2 Å². The maximum absolute atomic E-state index is 6.26. The van der Waals surface area contributed by atoms with Crippen LogP contribution in [0.25, 0.3) is 27.5 Å². The molecule has 2 atom stereocenters. The molecule has 3 aliphatic carbocycles. The minimum absolute atomic E-state index is 0.299. The fourth-order valence-electron chi connectivity index (χ4n) is 8.19. The minimum atomic E-state index is -0.421. The normalized spacial score (nSPS) is 19.5. The van der Waals surface area contributed by atoms with Crippen molar-refractivity contribution in [2.45, 2.75) is 12.3 Å². The molecule has 2 heteroatoms. The van der Waals surface area contributed by atoms with Gasteiger partial charge in [-0.2, -0.15) is 0 Å². The van der Waals surface area contributed by atoms with E-state index in [0.717, 1.165) is 33.3 Å². The maximum atomic E-state index is 6.26. The monoisotopic (exact) mass is 565 g/mol. The maximum Gasteiger partial charge on any atom is 0.137 e. The van der Waals surface area contributed by atoms with E-state index in [9.17, 15) is 0 Å². The predicted octanol–water partition coefficient (Wildman–Crippen LogP) is 10.7. The van der Waals surface area contributed by atoms with Gasteiger partial charge >= 0.3 is 0 Å². The molecule has 0 bridgehead atoms. The van der Waals surface area contributed by atoms with Gasteiger partial charge in [-0.25, -0.2) is 0 Å². The molecular weight excluding hydrogens is 534 g/mol. The van der Waals surface area contributed by atoms with Crippen molar-refractivity contribution in [3.05, 3.63) is 185 Å². The lowest BCUT2D eigenvalue weighted by Gasteiger charge is -2.41. The largest absolute Gasteiger partial charge is 0.456 e. The average Bonchev–Trinajstić information content (AvgIpc) is 3.61. The van der Waals surface area contributed by atoms with Crippen LogP contribution in [0.1, 0.15) is 29.2 Å². The first-order valence-corrected chi connectivity index (χ1v) is 15.5. The molecule has 0 amide bonds. The van der Waals surface area contributed by atoms with Gasteiger partial charge in [-0.1, -0.05) is 134 Å². The third-order valence-electron chi connectivity index (χ3n) is 9.93. The second-order valence-electron chi connectivity index (χ2n) is 12.1. The Bertz CT molecular complexity index is 2170. The summed E-state index contributed by atoms with van der Waals surface area (Å²) in [6.45, 7) is 2.43. The van der Waals surface area contributed by atoms with Crippen molar-refractivity contribution in [1.29, 1.82) is 0 Å². The first-order valence-electron chi connectivity index (χ1n) is 15.5. The summed E-state index contributed by atoms with van der Waals surface area (Å²) in [6.07, 6.45) is 11.5. The number of fused-ring (bicyclic) bond motifs is 6. The van der Waals surface area contributed by atoms with Gasteiger partial charge in [0, 0.05) is 22.6 Å². The van der Waals surface area contributed by atoms with Crippen LogP contribution in [-0.4, -0.2) is 0 Å². The number of hydrogen-bond acceptors (Lipinski definition) is 2. The van der Waals surface area contributed by atoms with Crippen molar-refractivity contribution < 1.29 is 4.42 Å². The molecule has 5 aromatic carbocycles. The van der Waals surface area contributed by atoms with Gasteiger partial charge in [0.15, 0.2) is 0 Å². The van der Waals surface area contributed by atoms with Gasteiger partial charge in [-0.3, -0.25) is 0 Å². The number of para-hydroxylation sites is 1. The Morgan fingerprint density at radius 1 is 0.659 bits per heavy atom. The number of nitrogens with one attached hydrogen (secondary N) is 1. The first-order chi connectivity index (χ1) is 21.7. The van der Waals surface area contributed by atoms with Gasteiger partial charge in [0.25, 0.3) is 0 Å². The molecule has 0 fully saturated rings. The Hall–Kier alpha value is -5.34. The van der Waals surface area contributed by atoms with Crippen molar-refractivity contribution in [3.8, 4) is 0 Å². The number of benzene rings is 5. The molecule has 9 rings (SSSR count). The lowest BCUT2D eigenvalue weighted by molar-refractivity contribution is 0.499. The molecular formula is C42H31NO. The van der Waals surface area contributed by atoms with Crippen LogP contribution in [0, 0.1) is 11.8 Å². The number of furan rings is 1. The van der Waals surface area contributed by atoms with Crippen LogP contribution in [0.5, 0.6) is 0 Å². The molecule has 1 heterocycles. The van der Waals surface area contributed by atoms with E-state index >= 15 is 0 Å². The van der Waals surface area contributed by atoms with Gasteiger partial charge in [0.1, 0.15) is 11.2 Å². The molecule has 3 aliphatic rings. The molecule has 44 heavy (non-hydrogen) atoms. The van der Waals surface area contributed by atoms with E-state index in [4.69, 9.17) is 4.42 Å². The Kier molecular flexibility index (Phi) is 5.49. The highest BCUT2D eigenvalue weighted by atomic mass is 16.3. The Morgan fingerprint density at radius 3 is 2.14 bits per heavy atom. The Labute approximate surface area is 257 Å². The molecule has 2 nitrogen and oxygen atoms in total. The molecule has 1 N–H and O–H groups in total. The number of rotatable bonds is 4. The molecule has 0 aliphatic heterocycles. The fourth-order valence-corrected chi connectivity index (χ4v) is 8.19. The lowest BCUT2D eigenvalue weighted by Crippen LogP contribution is -2.35. The minimum Gasteiger partial charge on any atom is -0.456 e. The quantitative estimate of drug-likeness (QED) is 0.230. The zero-order valence-electron chi connectivity index (χ0n) is 24.5. The van der Waals surface area contributed by atoms with Gasteiger partial charge in [-0.15, -0.1) is 0 Å². The van der Waals surface area contributed by atoms with E-state index in [1.807, 2.05) is 12.1 Å². The molecule has 0 radical (unpaired) electrons. The van der Waals surface area contributed by atoms with Crippen molar-refractivity contribution >= 4 is 38.9 Å². The second kappa shape index (κ2) is 9.59. The van der Waals surface area contributed by atoms with Crippen molar-refractivity contribution in [1.82, 2.24) is 0 Å². The lowest BCUT2D eigenvalue weighted by atomic mass is 9.60. The smallest absolute Gasteiger partial charge is 0.137 e. The number of anilines is 2. The average molecular weight is 566 g/mol. The summed E-state index contributed by atoms with van der Waals surface area (Å²) in [6, 6.07) is 43.7. The van der Waals surface area contributed by atoms with E-state index in [1.54, 1.807) is 0 Å². The van der Waals surface area contributed by atoms with Crippen LogP contribution in [0.2, 0.25) is 0 Å². The van der Waals surface area contributed by atoms with Crippen LogP contribution >= 0.6 is 0 Å². The summed E-state index contributed by atoms with van der Waals surface area (Å²) < 4.78 is 6.26. The van der Waals surface area contributed by atoms with Crippen molar-refractivity contribution in [2.75, 3.05) is 5.32 Å². The molecule has 0 spiro atoms. The zero-order valence-corrected chi connectivity index (χ0v) is 24.5. The highest BCUT2D eigenvalue weighted by Gasteiger charge is 2.52. The second-order valence-corrected chi connectivity index (χ2v) is 12.1. The number of hydrogen-bond donors (Lipinski definition) is 1. The van der Waals surface area contributed by atoms with Crippen LogP contribution < -0.4 is 5.32 Å². The van der Waals surface area contributed by atoms with Crippen LogP contribution in [0.15, 0.2) is 167 Å². The van der Waals surface area contributed by atoms with Gasteiger partial charge in [-0.05, 0) is 63.6 Å². The summed E-state index contributed by atoms with van der Waals surface area (Å²) in [5.41, 5.74) is 12.9. The molecule has 2 unspecified atom stereocenters.